The maximum atomic E-state index is 12.0. The van der Waals surface area contributed by atoms with Gasteiger partial charge in [-0.15, -0.1) is 0 Å². The predicted octanol–water partition coefficient (Wildman–Crippen LogP) is 3.45. The van der Waals surface area contributed by atoms with Gasteiger partial charge in [-0.05, 0) is 35.2 Å². The molecule has 21 heavy (non-hydrogen) atoms. The molecule has 0 saturated heterocycles. The number of rotatable bonds is 4. The van der Waals surface area contributed by atoms with Gasteiger partial charge in [-0.25, -0.2) is 0 Å². The molecule has 3 aromatic rings. The lowest BCUT2D eigenvalue weighted by Crippen LogP contribution is -1.98. The molecule has 0 atom stereocenters. The molecule has 3 rings (SSSR count). The summed E-state index contributed by atoms with van der Waals surface area (Å²) in [7, 11) is 0. The summed E-state index contributed by atoms with van der Waals surface area (Å²) in [4.78, 5) is 20.3. The number of carbonyl (C=O) groups is 1. The van der Waals surface area contributed by atoms with Crippen molar-refractivity contribution in [3.05, 3.63) is 78.4 Å². The van der Waals surface area contributed by atoms with Crippen LogP contribution >= 0.6 is 0 Å². The second-order valence-corrected chi connectivity index (χ2v) is 4.76. The standard InChI is InChI=1S/C18H14N2O/c21-16(12-14-4-3-10-19-13-14)7-8-18-17-6-2-1-5-15(17)9-11-20-18/h1-11,13H,12H2. The Morgan fingerprint density at radius 3 is 2.81 bits per heavy atom. The smallest absolute Gasteiger partial charge is 0.160 e. The Hall–Kier alpha value is -2.81. The summed E-state index contributed by atoms with van der Waals surface area (Å²) in [5.74, 6) is 0.0396. The van der Waals surface area contributed by atoms with Crippen LogP contribution in [0, 0.1) is 0 Å². The van der Waals surface area contributed by atoms with Gasteiger partial charge in [0.15, 0.2) is 5.78 Å². The van der Waals surface area contributed by atoms with Crippen molar-refractivity contribution in [3.8, 4) is 0 Å². The molecule has 0 amide bonds. The first-order chi connectivity index (χ1) is 10.3. The van der Waals surface area contributed by atoms with Crippen LogP contribution in [0.1, 0.15) is 11.3 Å². The van der Waals surface area contributed by atoms with E-state index in [1.165, 1.54) is 0 Å². The second kappa shape index (κ2) is 6.09. The average Bonchev–Trinajstić information content (AvgIpc) is 2.54. The van der Waals surface area contributed by atoms with E-state index in [1.54, 1.807) is 30.7 Å². The fourth-order valence-corrected chi connectivity index (χ4v) is 2.21. The molecule has 0 aliphatic heterocycles. The maximum Gasteiger partial charge on any atom is 0.160 e. The first kappa shape index (κ1) is 13.2. The molecule has 0 bridgehead atoms. The van der Waals surface area contributed by atoms with E-state index in [9.17, 15) is 4.79 Å². The van der Waals surface area contributed by atoms with E-state index in [-0.39, 0.29) is 5.78 Å². The molecule has 2 heterocycles. The number of hydrogen-bond acceptors (Lipinski definition) is 3. The normalized spacial score (nSPS) is 11.0. The van der Waals surface area contributed by atoms with Gasteiger partial charge in [0, 0.05) is 30.4 Å². The van der Waals surface area contributed by atoms with Gasteiger partial charge in [-0.2, -0.15) is 0 Å². The lowest BCUT2D eigenvalue weighted by Gasteiger charge is -2.00. The van der Waals surface area contributed by atoms with Gasteiger partial charge in [-0.3, -0.25) is 14.8 Å². The molecule has 1 aromatic carbocycles. The summed E-state index contributed by atoms with van der Waals surface area (Å²) in [5, 5.41) is 2.16. The van der Waals surface area contributed by atoms with Crippen molar-refractivity contribution in [2.75, 3.05) is 0 Å². The van der Waals surface area contributed by atoms with E-state index in [0.29, 0.717) is 6.42 Å². The quantitative estimate of drug-likeness (QED) is 0.684. The van der Waals surface area contributed by atoms with Crippen molar-refractivity contribution in [1.82, 2.24) is 9.97 Å². The number of benzene rings is 1. The topological polar surface area (TPSA) is 42.9 Å². The van der Waals surface area contributed by atoms with Crippen LogP contribution in [-0.2, 0) is 11.2 Å². The molecule has 102 valence electrons. The Labute approximate surface area is 123 Å². The molecular formula is C18H14N2O. The number of allylic oxidation sites excluding steroid dienone is 1. The summed E-state index contributed by atoms with van der Waals surface area (Å²) < 4.78 is 0. The molecule has 3 heteroatoms. The van der Waals surface area contributed by atoms with Crippen LogP contribution in [0.15, 0.2) is 67.1 Å². The zero-order valence-corrected chi connectivity index (χ0v) is 11.4. The van der Waals surface area contributed by atoms with Crippen LogP contribution in [-0.4, -0.2) is 15.8 Å². The number of fused-ring (bicyclic) bond motifs is 1. The summed E-state index contributed by atoms with van der Waals surface area (Å²) in [6.45, 7) is 0. The Kier molecular flexibility index (Phi) is 3.83. The van der Waals surface area contributed by atoms with Gasteiger partial charge in [0.25, 0.3) is 0 Å². The molecule has 2 aromatic heterocycles. The zero-order valence-electron chi connectivity index (χ0n) is 11.4. The fourth-order valence-electron chi connectivity index (χ4n) is 2.21. The monoisotopic (exact) mass is 274 g/mol. The average molecular weight is 274 g/mol. The number of aromatic nitrogens is 2. The summed E-state index contributed by atoms with van der Waals surface area (Å²) in [6.07, 6.45) is 8.89. The van der Waals surface area contributed by atoms with E-state index in [2.05, 4.69) is 9.97 Å². The largest absolute Gasteiger partial charge is 0.294 e. The molecule has 0 aliphatic rings. The highest BCUT2D eigenvalue weighted by atomic mass is 16.1. The number of hydrogen-bond donors (Lipinski definition) is 0. The van der Waals surface area contributed by atoms with Crippen LogP contribution in [0.25, 0.3) is 16.8 Å². The third-order valence-electron chi connectivity index (χ3n) is 3.23. The molecule has 0 unspecified atom stereocenters. The van der Waals surface area contributed by atoms with Gasteiger partial charge in [-0.1, -0.05) is 30.3 Å². The minimum Gasteiger partial charge on any atom is -0.294 e. The summed E-state index contributed by atoms with van der Waals surface area (Å²) >= 11 is 0. The van der Waals surface area contributed by atoms with Crippen molar-refractivity contribution in [1.29, 1.82) is 0 Å². The van der Waals surface area contributed by atoms with Gasteiger partial charge in [0.1, 0.15) is 0 Å². The summed E-state index contributed by atoms with van der Waals surface area (Å²) in [6, 6.07) is 13.7. The van der Waals surface area contributed by atoms with Gasteiger partial charge in [0.05, 0.1) is 5.69 Å². The molecule has 0 spiro atoms. The van der Waals surface area contributed by atoms with Crippen LogP contribution in [0.4, 0.5) is 0 Å². The highest BCUT2D eigenvalue weighted by Crippen LogP contribution is 2.17. The Morgan fingerprint density at radius 2 is 1.95 bits per heavy atom. The SMILES string of the molecule is O=C(C=Cc1nccc2ccccc12)Cc1cccnc1. The van der Waals surface area contributed by atoms with E-state index in [0.717, 1.165) is 22.0 Å². The van der Waals surface area contributed by atoms with E-state index < -0.39 is 0 Å². The van der Waals surface area contributed by atoms with Crippen LogP contribution in [0.5, 0.6) is 0 Å². The second-order valence-electron chi connectivity index (χ2n) is 4.76. The van der Waals surface area contributed by atoms with Gasteiger partial charge in [0.2, 0.25) is 0 Å². The lowest BCUT2D eigenvalue weighted by atomic mass is 10.1. The van der Waals surface area contributed by atoms with Crippen molar-refractivity contribution in [3.63, 3.8) is 0 Å². The van der Waals surface area contributed by atoms with Crippen LogP contribution in [0.2, 0.25) is 0 Å². The molecule has 0 saturated carbocycles. The Bertz CT molecular complexity index is 789. The maximum absolute atomic E-state index is 12.0. The molecule has 0 aliphatic carbocycles. The van der Waals surface area contributed by atoms with Crippen LogP contribution in [0.3, 0.4) is 0 Å². The predicted molar refractivity (Wildman–Crippen MR) is 83.7 cm³/mol. The molecule has 0 radical (unpaired) electrons. The first-order valence-electron chi connectivity index (χ1n) is 6.76. The van der Waals surface area contributed by atoms with E-state index >= 15 is 0 Å². The minimum absolute atomic E-state index is 0.0396. The molecular weight excluding hydrogens is 260 g/mol. The van der Waals surface area contributed by atoms with Gasteiger partial charge < -0.3 is 0 Å². The number of carbonyl (C=O) groups excluding carboxylic acids is 1. The fraction of sp³-hybridized carbons (Fsp3) is 0.0556. The van der Waals surface area contributed by atoms with E-state index in [1.807, 2.05) is 42.5 Å². The van der Waals surface area contributed by atoms with Crippen molar-refractivity contribution in [2.24, 2.45) is 0 Å². The van der Waals surface area contributed by atoms with Crippen LogP contribution < -0.4 is 0 Å². The minimum atomic E-state index is 0.0396. The number of nitrogens with zero attached hydrogens (tertiary/aromatic N) is 2. The highest BCUT2D eigenvalue weighted by molar-refractivity contribution is 5.97. The molecule has 0 N–H and O–H groups in total. The number of pyridine rings is 2. The lowest BCUT2D eigenvalue weighted by molar-refractivity contribution is -0.113. The third-order valence-corrected chi connectivity index (χ3v) is 3.23. The van der Waals surface area contributed by atoms with Crippen molar-refractivity contribution in [2.45, 2.75) is 6.42 Å². The summed E-state index contributed by atoms with van der Waals surface area (Å²) in [5.41, 5.74) is 1.73. The highest BCUT2D eigenvalue weighted by Gasteiger charge is 2.01. The van der Waals surface area contributed by atoms with Crippen molar-refractivity contribution >= 4 is 22.6 Å². The molecule has 3 nitrogen and oxygen atoms in total. The first-order valence-corrected chi connectivity index (χ1v) is 6.76. The van der Waals surface area contributed by atoms with Gasteiger partial charge >= 0.3 is 0 Å². The molecule has 0 fully saturated rings. The zero-order chi connectivity index (χ0) is 14.5. The number of ketones is 1. The van der Waals surface area contributed by atoms with E-state index in [4.69, 9.17) is 0 Å². The Morgan fingerprint density at radius 1 is 1.05 bits per heavy atom. The van der Waals surface area contributed by atoms with Crippen molar-refractivity contribution < 1.29 is 4.79 Å². The Balaban J connectivity index is 1.80. The third kappa shape index (κ3) is 3.20.